The van der Waals surface area contributed by atoms with Crippen LogP contribution in [0.5, 0.6) is 5.75 Å². The second-order valence-corrected chi connectivity index (χ2v) is 9.48. The topological polar surface area (TPSA) is 189 Å². The first-order valence-corrected chi connectivity index (χ1v) is 12.3. The molecule has 1 saturated heterocycles. The Morgan fingerprint density at radius 3 is 2.54 bits per heavy atom. The number of nitrogens with zero attached hydrogens (tertiary/aromatic N) is 7. The Morgan fingerprint density at radius 1 is 1.03 bits per heavy atom. The lowest BCUT2D eigenvalue weighted by Crippen LogP contribution is -2.33. The number of azo groups is 1. The zero-order chi connectivity index (χ0) is 27.3. The maximum absolute atomic E-state index is 11.1. The van der Waals surface area contributed by atoms with Crippen LogP contribution in [-0.4, -0.2) is 69.4 Å². The van der Waals surface area contributed by atoms with Crippen LogP contribution in [0.1, 0.15) is 11.8 Å². The molecular formula is C25H23ClN8O5. The molecule has 6 rings (SSSR count). The highest BCUT2D eigenvalue weighted by atomic mass is 35.5. The van der Waals surface area contributed by atoms with Crippen molar-refractivity contribution in [3.63, 3.8) is 0 Å². The molecule has 200 valence electrons. The fourth-order valence-corrected chi connectivity index (χ4v) is 4.84. The Hall–Kier alpha value is -4.14. The van der Waals surface area contributed by atoms with E-state index in [1.807, 2.05) is 24.3 Å². The predicted molar refractivity (Wildman–Crippen MR) is 141 cm³/mol. The number of aliphatic hydroxyl groups is 3. The normalized spacial score (nSPS) is 21.5. The van der Waals surface area contributed by atoms with E-state index >= 15 is 0 Å². The van der Waals surface area contributed by atoms with Gasteiger partial charge < -0.3 is 35.5 Å². The standard InChI is InChI=1S/C25H23ClN8O5/c26-13-7-5-12(6-8-13)9-33-15-4-2-1-3-14(15)18(36)23(33)31-32-25-30-17-21(27)28-11-29-22(17)34(25)24-20(38)19(37)16(10-35)39-24/h1-8,11,16,19-20,24,35-38H,9-10H2,(H2,27,28,29)/b32-31+/t16-,19-,20-,24-/m0/s1. The number of hydrogen-bond donors (Lipinski definition) is 5. The molecule has 0 amide bonds. The van der Waals surface area contributed by atoms with Gasteiger partial charge in [-0.15, -0.1) is 10.2 Å². The lowest BCUT2D eigenvalue weighted by atomic mass is 10.1. The average molecular weight is 551 g/mol. The fourth-order valence-electron chi connectivity index (χ4n) is 4.71. The molecule has 0 spiro atoms. The Bertz CT molecular complexity index is 1700. The second-order valence-electron chi connectivity index (χ2n) is 9.04. The number of ether oxygens (including phenoxy) is 1. The smallest absolute Gasteiger partial charge is 0.254 e. The molecule has 14 heteroatoms. The molecule has 2 aromatic carbocycles. The number of para-hydroxylation sites is 1. The predicted octanol–water partition coefficient (Wildman–Crippen LogP) is 2.80. The highest BCUT2D eigenvalue weighted by Crippen LogP contribution is 2.41. The van der Waals surface area contributed by atoms with Gasteiger partial charge in [-0.05, 0) is 29.8 Å². The summed E-state index contributed by atoms with van der Waals surface area (Å²) in [6.45, 7) is -0.162. The van der Waals surface area contributed by atoms with Crippen LogP contribution in [-0.2, 0) is 11.3 Å². The number of fused-ring (bicyclic) bond motifs is 2. The summed E-state index contributed by atoms with van der Waals surface area (Å²) in [5.74, 6) is 0.0551. The number of benzene rings is 2. The van der Waals surface area contributed by atoms with Gasteiger partial charge in [0.1, 0.15) is 24.6 Å². The minimum atomic E-state index is -1.44. The van der Waals surface area contributed by atoms with Gasteiger partial charge in [0.15, 0.2) is 34.8 Å². The van der Waals surface area contributed by atoms with E-state index in [0.29, 0.717) is 17.0 Å². The van der Waals surface area contributed by atoms with Crippen LogP contribution in [0.15, 0.2) is 65.1 Å². The number of nitrogens with two attached hydrogens (primary N) is 1. The van der Waals surface area contributed by atoms with Gasteiger partial charge in [0.2, 0.25) is 0 Å². The van der Waals surface area contributed by atoms with Gasteiger partial charge in [0, 0.05) is 17.0 Å². The molecule has 5 aromatic rings. The number of aliphatic hydroxyl groups excluding tert-OH is 3. The summed E-state index contributed by atoms with van der Waals surface area (Å²) < 4.78 is 8.83. The van der Waals surface area contributed by atoms with E-state index in [1.165, 1.54) is 10.9 Å². The molecule has 4 heterocycles. The summed E-state index contributed by atoms with van der Waals surface area (Å²) in [7, 11) is 0. The van der Waals surface area contributed by atoms with E-state index in [1.54, 1.807) is 28.8 Å². The molecule has 0 bridgehead atoms. The number of imidazole rings is 1. The van der Waals surface area contributed by atoms with Gasteiger partial charge >= 0.3 is 0 Å². The first-order valence-electron chi connectivity index (χ1n) is 11.9. The molecule has 0 aliphatic carbocycles. The van der Waals surface area contributed by atoms with Gasteiger partial charge in [0.25, 0.3) is 5.95 Å². The SMILES string of the molecule is Nc1ncnc2c1nc(/N=N/c1c(O)c3ccccc3n1Cc1ccc(Cl)cc1)n2[C@H]1O[C@@H](CO)[C@H](O)[C@@H]1O. The number of aromatic nitrogens is 5. The zero-order valence-corrected chi connectivity index (χ0v) is 21.0. The fraction of sp³-hybridized carbons (Fsp3) is 0.240. The summed E-state index contributed by atoms with van der Waals surface area (Å²) in [5.41, 5.74) is 8.01. The van der Waals surface area contributed by atoms with Crippen molar-refractivity contribution < 1.29 is 25.2 Å². The summed E-state index contributed by atoms with van der Waals surface area (Å²) in [4.78, 5) is 12.6. The maximum atomic E-state index is 11.1. The third-order valence-corrected chi connectivity index (χ3v) is 6.92. The molecule has 1 aliphatic heterocycles. The first kappa shape index (κ1) is 25.2. The van der Waals surface area contributed by atoms with Crippen molar-refractivity contribution in [1.29, 1.82) is 0 Å². The van der Waals surface area contributed by atoms with Crippen molar-refractivity contribution in [1.82, 2.24) is 24.1 Å². The van der Waals surface area contributed by atoms with Gasteiger partial charge in [-0.25, -0.2) is 15.0 Å². The highest BCUT2D eigenvalue weighted by molar-refractivity contribution is 6.30. The lowest BCUT2D eigenvalue weighted by Gasteiger charge is -2.17. The molecule has 13 nitrogen and oxygen atoms in total. The Kier molecular flexibility index (Phi) is 6.37. The minimum absolute atomic E-state index is 0.0571. The maximum Gasteiger partial charge on any atom is 0.254 e. The van der Waals surface area contributed by atoms with Crippen molar-refractivity contribution >= 4 is 51.3 Å². The Labute approximate surface area is 225 Å². The largest absolute Gasteiger partial charge is 0.504 e. The molecule has 1 aliphatic rings. The van der Waals surface area contributed by atoms with Crippen molar-refractivity contribution in [3.8, 4) is 5.75 Å². The van der Waals surface area contributed by atoms with E-state index in [2.05, 4.69) is 25.2 Å². The van der Waals surface area contributed by atoms with Crippen LogP contribution in [0.2, 0.25) is 5.02 Å². The lowest BCUT2D eigenvalue weighted by molar-refractivity contribution is -0.0503. The van der Waals surface area contributed by atoms with E-state index < -0.39 is 31.1 Å². The second kappa shape index (κ2) is 9.87. The first-order chi connectivity index (χ1) is 18.9. The molecule has 0 saturated carbocycles. The van der Waals surface area contributed by atoms with Crippen LogP contribution < -0.4 is 5.73 Å². The third-order valence-electron chi connectivity index (χ3n) is 6.66. The van der Waals surface area contributed by atoms with Gasteiger partial charge in [0.05, 0.1) is 12.1 Å². The molecule has 1 fully saturated rings. The van der Waals surface area contributed by atoms with Crippen LogP contribution in [0.4, 0.5) is 17.6 Å². The highest BCUT2D eigenvalue weighted by Gasteiger charge is 2.45. The number of nitrogen functional groups attached to an aromatic ring is 1. The molecule has 0 radical (unpaired) electrons. The zero-order valence-electron chi connectivity index (χ0n) is 20.2. The van der Waals surface area contributed by atoms with Crippen LogP contribution >= 0.6 is 11.6 Å². The van der Waals surface area contributed by atoms with Crippen molar-refractivity contribution in [2.45, 2.75) is 31.1 Å². The van der Waals surface area contributed by atoms with Crippen LogP contribution in [0.3, 0.4) is 0 Å². The third kappa shape index (κ3) is 4.26. The Balaban J connectivity index is 1.49. The van der Waals surface area contributed by atoms with Gasteiger partial charge in [-0.3, -0.25) is 4.57 Å². The number of halogens is 1. The van der Waals surface area contributed by atoms with Crippen molar-refractivity contribution in [3.05, 3.63) is 65.4 Å². The summed E-state index contributed by atoms with van der Waals surface area (Å²) in [6, 6.07) is 14.6. The molecule has 39 heavy (non-hydrogen) atoms. The monoisotopic (exact) mass is 550 g/mol. The van der Waals surface area contributed by atoms with Crippen LogP contribution in [0, 0.1) is 0 Å². The molecule has 3 aromatic heterocycles. The minimum Gasteiger partial charge on any atom is -0.504 e. The number of aromatic hydroxyl groups is 1. The van der Waals surface area contributed by atoms with E-state index in [0.717, 1.165) is 11.1 Å². The summed E-state index contributed by atoms with van der Waals surface area (Å²) in [5, 5.41) is 51.5. The van der Waals surface area contributed by atoms with Crippen molar-refractivity contribution in [2.24, 2.45) is 10.2 Å². The number of anilines is 1. The van der Waals surface area contributed by atoms with Gasteiger partial charge in [-0.1, -0.05) is 35.9 Å². The summed E-state index contributed by atoms with van der Waals surface area (Å²) in [6.07, 6.45) is -3.84. The Morgan fingerprint density at radius 2 is 1.79 bits per heavy atom. The molecule has 4 atom stereocenters. The van der Waals surface area contributed by atoms with Gasteiger partial charge in [-0.2, -0.15) is 0 Å². The molecule has 6 N–H and O–H groups in total. The molecule has 0 unspecified atom stereocenters. The number of rotatable bonds is 6. The summed E-state index contributed by atoms with van der Waals surface area (Å²) >= 11 is 6.05. The van der Waals surface area contributed by atoms with E-state index in [-0.39, 0.29) is 34.5 Å². The average Bonchev–Trinajstić information content (AvgIpc) is 3.54. The quantitative estimate of drug-likeness (QED) is 0.198. The number of hydrogen-bond acceptors (Lipinski definition) is 11. The molecular weight excluding hydrogens is 528 g/mol. The van der Waals surface area contributed by atoms with E-state index in [9.17, 15) is 20.4 Å². The van der Waals surface area contributed by atoms with E-state index in [4.69, 9.17) is 22.1 Å². The van der Waals surface area contributed by atoms with Crippen LogP contribution in [0.25, 0.3) is 22.1 Å². The van der Waals surface area contributed by atoms with Crippen molar-refractivity contribution in [2.75, 3.05) is 12.3 Å².